The summed E-state index contributed by atoms with van der Waals surface area (Å²) in [6.07, 6.45) is 0. The lowest BCUT2D eigenvalue weighted by Crippen LogP contribution is -2.37. The summed E-state index contributed by atoms with van der Waals surface area (Å²) in [5, 5.41) is 0. The van der Waals surface area contributed by atoms with Gasteiger partial charge >= 0.3 is 0 Å². The first-order valence-corrected chi connectivity index (χ1v) is 7.71. The number of nitrogens with zero attached hydrogens (tertiary/aromatic N) is 1. The predicted molar refractivity (Wildman–Crippen MR) is 73.2 cm³/mol. The molecule has 0 unspecified atom stereocenters. The molecule has 18 heavy (non-hydrogen) atoms. The van der Waals surface area contributed by atoms with Gasteiger partial charge in [0.1, 0.15) is 10.7 Å². The summed E-state index contributed by atoms with van der Waals surface area (Å²) < 4.78 is 39.4. The molecule has 4 nitrogen and oxygen atoms in total. The van der Waals surface area contributed by atoms with Crippen molar-refractivity contribution in [1.82, 2.24) is 4.31 Å². The minimum atomic E-state index is -3.71. The molecule has 0 amide bonds. The van der Waals surface area contributed by atoms with Crippen LogP contribution < -0.4 is 5.73 Å². The molecule has 0 radical (unpaired) electrons. The first kappa shape index (κ1) is 15.4. The molecule has 0 heterocycles. The van der Waals surface area contributed by atoms with E-state index in [0.717, 1.165) is 6.07 Å². The Labute approximate surface area is 115 Å². The Balaban J connectivity index is 3.41. The Morgan fingerprint density at radius 3 is 2.44 bits per heavy atom. The van der Waals surface area contributed by atoms with Gasteiger partial charge in [-0.2, -0.15) is 4.31 Å². The van der Waals surface area contributed by atoms with Crippen LogP contribution in [0.15, 0.2) is 21.5 Å². The van der Waals surface area contributed by atoms with E-state index in [2.05, 4.69) is 15.9 Å². The molecule has 0 aliphatic carbocycles. The van der Waals surface area contributed by atoms with Gasteiger partial charge in [-0.05, 0) is 41.9 Å². The normalized spacial score (nSPS) is 12.4. The van der Waals surface area contributed by atoms with Crippen molar-refractivity contribution in [3.05, 3.63) is 22.4 Å². The maximum Gasteiger partial charge on any atom is 0.245 e. The first-order valence-electron chi connectivity index (χ1n) is 5.48. The fraction of sp³-hybridized carbons (Fsp3) is 0.455. The number of hydrogen-bond acceptors (Lipinski definition) is 3. The molecular formula is C11H16BrFN2O2S. The summed E-state index contributed by atoms with van der Waals surface area (Å²) in [6, 6.07) is 2.01. The highest BCUT2D eigenvalue weighted by atomic mass is 79.9. The molecule has 0 spiro atoms. The number of benzene rings is 1. The SMILES string of the molecule is CCN(C(C)C)S(=O)(=O)c1cc(Br)c(F)cc1N. The zero-order chi connectivity index (χ0) is 14.1. The van der Waals surface area contributed by atoms with Crippen LogP contribution in [0.4, 0.5) is 10.1 Å². The van der Waals surface area contributed by atoms with Gasteiger partial charge in [-0.1, -0.05) is 6.92 Å². The summed E-state index contributed by atoms with van der Waals surface area (Å²) in [5.41, 5.74) is 5.51. The van der Waals surface area contributed by atoms with Crippen LogP contribution in [-0.2, 0) is 10.0 Å². The third-order valence-electron chi connectivity index (χ3n) is 2.53. The number of halogens is 2. The Kier molecular flexibility index (Phi) is 4.74. The van der Waals surface area contributed by atoms with Crippen molar-refractivity contribution >= 4 is 31.6 Å². The van der Waals surface area contributed by atoms with E-state index in [0.29, 0.717) is 6.54 Å². The van der Waals surface area contributed by atoms with Gasteiger partial charge < -0.3 is 5.73 Å². The van der Waals surface area contributed by atoms with Crippen LogP contribution in [0.25, 0.3) is 0 Å². The highest BCUT2D eigenvalue weighted by Crippen LogP contribution is 2.29. The predicted octanol–water partition coefficient (Wildman–Crippen LogP) is 2.59. The summed E-state index contributed by atoms with van der Waals surface area (Å²) in [7, 11) is -3.71. The molecule has 0 saturated heterocycles. The largest absolute Gasteiger partial charge is 0.398 e. The van der Waals surface area contributed by atoms with Crippen LogP contribution in [0, 0.1) is 5.82 Å². The van der Waals surface area contributed by atoms with Gasteiger partial charge in [0.15, 0.2) is 0 Å². The summed E-state index contributed by atoms with van der Waals surface area (Å²) in [4.78, 5) is -0.0775. The minimum absolute atomic E-state index is 0.0775. The molecule has 1 aromatic carbocycles. The Morgan fingerprint density at radius 1 is 1.44 bits per heavy atom. The second kappa shape index (κ2) is 5.54. The van der Waals surface area contributed by atoms with Gasteiger partial charge in [-0.15, -0.1) is 0 Å². The molecule has 1 rings (SSSR count). The summed E-state index contributed by atoms with van der Waals surface area (Å²) >= 11 is 2.97. The maximum absolute atomic E-state index is 13.3. The van der Waals surface area contributed by atoms with Gasteiger partial charge in [-0.25, -0.2) is 12.8 Å². The van der Waals surface area contributed by atoms with Crippen molar-refractivity contribution in [2.45, 2.75) is 31.7 Å². The van der Waals surface area contributed by atoms with Crippen LogP contribution in [0.3, 0.4) is 0 Å². The highest BCUT2D eigenvalue weighted by molar-refractivity contribution is 9.10. The summed E-state index contributed by atoms with van der Waals surface area (Å²) in [5.74, 6) is -0.584. The van der Waals surface area contributed by atoms with E-state index >= 15 is 0 Å². The molecule has 102 valence electrons. The summed E-state index contributed by atoms with van der Waals surface area (Å²) in [6.45, 7) is 5.62. The topological polar surface area (TPSA) is 63.4 Å². The second-order valence-electron chi connectivity index (χ2n) is 4.11. The number of anilines is 1. The lowest BCUT2D eigenvalue weighted by atomic mass is 10.3. The number of sulfonamides is 1. The van der Waals surface area contributed by atoms with Crippen LogP contribution in [0.2, 0.25) is 0 Å². The van der Waals surface area contributed by atoms with E-state index < -0.39 is 15.8 Å². The number of rotatable bonds is 4. The zero-order valence-corrected chi connectivity index (χ0v) is 12.8. The molecule has 0 saturated carbocycles. The molecule has 1 aromatic rings. The number of hydrogen-bond donors (Lipinski definition) is 1. The fourth-order valence-corrected chi connectivity index (χ4v) is 3.97. The molecule has 0 aliphatic rings. The Hall–Kier alpha value is -0.660. The average Bonchev–Trinajstić information content (AvgIpc) is 2.23. The lowest BCUT2D eigenvalue weighted by Gasteiger charge is -2.25. The standard InChI is InChI=1S/C11H16BrFN2O2S/c1-4-15(7(2)3)18(16,17)11-5-8(12)9(13)6-10(11)14/h5-7H,4,14H2,1-3H3. The molecular weight excluding hydrogens is 323 g/mol. The van der Waals surface area contributed by atoms with Crippen molar-refractivity contribution in [2.75, 3.05) is 12.3 Å². The molecule has 0 atom stereocenters. The first-order chi connectivity index (χ1) is 8.21. The third-order valence-corrected chi connectivity index (χ3v) is 5.34. The van der Waals surface area contributed by atoms with Gasteiger partial charge in [-0.3, -0.25) is 0 Å². The molecule has 0 fully saturated rings. The molecule has 0 aromatic heterocycles. The second-order valence-corrected chi connectivity index (χ2v) is 6.82. The van der Waals surface area contributed by atoms with Gasteiger partial charge in [0.2, 0.25) is 10.0 Å². The van der Waals surface area contributed by atoms with Crippen LogP contribution >= 0.6 is 15.9 Å². The van der Waals surface area contributed by atoms with Gasteiger partial charge in [0.25, 0.3) is 0 Å². The van der Waals surface area contributed by atoms with E-state index in [-0.39, 0.29) is 21.1 Å². The van der Waals surface area contributed by atoms with Crippen molar-refractivity contribution in [2.24, 2.45) is 0 Å². The monoisotopic (exact) mass is 338 g/mol. The van der Waals surface area contributed by atoms with E-state index in [9.17, 15) is 12.8 Å². The smallest absolute Gasteiger partial charge is 0.245 e. The third kappa shape index (κ3) is 2.84. The number of nitrogens with two attached hydrogens (primary N) is 1. The molecule has 0 aliphatic heterocycles. The number of nitrogen functional groups attached to an aromatic ring is 1. The van der Waals surface area contributed by atoms with Crippen molar-refractivity contribution in [1.29, 1.82) is 0 Å². The van der Waals surface area contributed by atoms with E-state index in [1.54, 1.807) is 20.8 Å². The van der Waals surface area contributed by atoms with Crippen molar-refractivity contribution in [3.8, 4) is 0 Å². The van der Waals surface area contributed by atoms with E-state index in [4.69, 9.17) is 5.73 Å². The molecule has 7 heteroatoms. The van der Waals surface area contributed by atoms with Crippen molar-refractivity contribution < 1.29 is 12.8 Å². The lowest BCUT2D eigenvalue weighted by molar-refractivity contribution is 0.369. The van der Waals surface area contributed by atoms with Crippen molar-refractivity contribution in [3.63, 3.8) is 0 Å². The van der Waals surface area contributed by atoms with E-state index in [1.165, 1.54) is 10.4 Å². The molecule has 0 bridgehead atoms. The van der Waals surface area contributed by atoms with Crippen LogP contribution in [0.5, 0.6) is 0 Å². The Morgan fingerprint density at radius 2 is 2.00 bits per heavy atom. The van der Waals surface area contributed by atoms with Gasteiger partial charge in [0.05, 0.1) is 10.2 Å². The maximum atomic E-state index is 13.3. The molecule has 2 N–H and O–H groups in total. The minimum Gasteiger partial charge on any atom is -0.398 e. The van der Waals surface area contributed by atoms with Crippen LogP contribution in [0.1, 0.15) is 20.8 Å². The Bertz CT molecular complexity index is 546. The highest BCUT2D eigenvalue weighted by Gasteiger charge is 2.28. The fourth-order valence-electron chi connectivity index (χ4n) is 1.71. The quantitative estimate of drug-likeness (QED) is 0.858. The van der Waals surface area contributed by atoms with Gasteiger partial charge in [0, 0.05) is 12.6 Å². The van der Waals surface area contributed by atoms with E-state index in [1.807, 2.05) is 0 Å². The van der Waals surface area contributed by atoms with Crippen LogP contribution in [-0.4, -0.2) is 25.3 Å². The zero-order valence-electron chi connectivity index (χ0n) is 10.4. The average molecular weight is 339 g/mol.